The van der Waals surface area contributed by atoms with Crippen molar-refractivity contribution in [2.45, 2.75) is 89.6 Å². The summed E-state index contributed by atoms with van der Waals surface area (Å²) in [5.74, 6) is 2.52. The van der Waals surface area contributed by atoms with Gasteiger partial charge < -0.3 is 30.4 Å². The Bertz CT molecular complexity index is 2240. The first-order chi connectivity index (χ1) is 30.4. The summed E-state index contributed by atoms with van der Waals surface area (Å²) in [4.78, 5) is 43.0. The van der Waals surface area contributed by atoms with Gasteiger partial charge in [0.2, 0.25) is 11.8 Å². The average Bonchev–Trinajstić information content (AvgIpc) is 3.92. The zero-order valence-corrected chi connectivity index (χ0v) is 37.4. The van der Waals surface area contributed by atoms with Crippen molar-refractivity contribution in [2.75, 3.05) is 24.6 Å². The minimum Gasteiger partial charge on any atom is -0.329 e. The number of carbonyl (C=O) groups is 2. The van der Waals surface area contributed by atoms with E-state index >= 15 is 0 Å². The van der Waals surface area contributed by atoms with Crippen LogP contribution in [0.4, 0.5) is 0 Å². The molecule has 2 aromatic heterocycles. The lowest BCUT2D eigenvalue weighted by molar-refractivity contribution is -0.136. The minimum absolute atomic E-state index is 0.0660. The van der Waals surface area contributed by atoms with Gasteiger partial charge in [-0.25, -0.2) is 9.97 Å². The van der Waals surface area contributed by atoms with Crippen LogP contribution in [0.25, 0.3) is 45.0 Å². The summed E-state index contributed by atoms with van der Waals surface area (Å²) >= 11 is 0. The van der Waals surface area contributed by atoms with Crippen LogP contribution in [0.15, 0.2) is 121 Å². The van der Waals surface area contributed by atoms with E-state index in [4.69, 9.17) is 21.4 Å². The van der Waals surface area contributed by atoms with Gasteiger partial charge in [0.1, 0.15) is 11.6 Å². The highest BCUT2D eigenvalue weighted by atomic mass is 33.1. The molecule has 4 heterocycles. The van der Waals surface area contributed by atoms with E-state index < -0.39 is 12.1 Å². The summed E-state index contributed by atoms with van der Waals surface area (Å²) in [6, 6.07) is 39.7. The average molecular weight is 867 g/mol. The molecule has 4 aromatic carbocycles. The lowest BCUT2D eigenvalue weighted by Crippen LogP contribution is -2.50. The standard InChI is InChI=1S/C50H58N8O2S2/c1-3-5-27-41-47-53-43(35-19-11-7-12-20-35)45(37-23-15-9-16-24-37)57(47)31-29-55(41)49(59)39(51)33-61-62-34-40(52)50(60)56-30-32-58-46(38-25-17-10-18-26-38)44(36-21-13-8-14-22-36)54-48(58)42(56)28-6-4-2/h7-26,39-42H,3-6,27-34,51-52H2,1-2H3. The van der Waals surface area contributed by atoms with Gasteiger partial charge in [-0.1, -0.05) is 182 Å². The third kappa shape index (κ3) is 9.15. The number of rotatable bonds is 17. The van der Waals surface area contributed by atoms with E-state index in [0.29, 0.717) is 37.7 Å². The summed E-state index contributed by atoms with van der Waals surface area (Å²) in [7, 11) is 3.02. The Hall–Kier alpha value is -5.14. The predicted octanol–water partition coefficient (Wildman–Crippen LogP) is 9.63. The molecular formula is C50H58N8O2S2. The number of imidazole rings is 2. The molecule has 4 atom stereocenters. The summed E-state index contributed by atoms with van der Waals surface area (Å²) in [5, 5.41) is 0. The molecule has 2 aliphatic heterocycles. The second-order valence-corrected chi connectivity index (χ2v) is 18.8. The molecule has 0 spiro atoms. The first-order valence-corrected chi connectivity index (χ1v) is 24.7. The molecule has 0 fully saturated rings. The van der Waals surface area contributed by atoms with Crippen molar-refractivity contribution in [3.05, 3.63) is 133 Å². The third-order valence-corrected chi connectivity index (χ3v) is 14.6. The maximum absolute atomic E-state index is 14.2. The Kier molecular flexibility index (Phi) is 14.3. The molecule has 322 valence electrons. The number of hydrogen-bond acceptors (Lipinski definition) is 8. The number of aromatic nitrogens is 4. The van der Waals surface area contributed by atoms with Crippen molar-refractivity contribution in [3.63, 3.8) is 0 Å². The topological polar surface area (TPSA) is 128 Å². The minimum atomic E-state index is -0.704. The Morgan fingerprint density at radius 3 is 1.23 bits per heavy atom. The molecule has 4 unspecified atom stereocenters. The maximum atomic E-state index is 14.2. The van der Waals surface area contributed by atoms with Crippen LogP contribution in [0, 0.1) is 0 Å². The molecule has 62 heavy (non-hydrogen) atoms. The largest absolute Gasteiger partial charge is 0.329 e. The smallest absolute Gasteiger partial charge is 0.241 e. The van der Waals surface area contributed by atoms with Crippen LogP contribution in [0.2, 0.25) is 0 Å². The van der Waals surface area contributed by atoms with Crippen molar-refractivity contribution in [1.29, 1.82) is 0 Å². The van der Waals surface area contributed by atoms with Gasteiger partial charge in [0.05, 0.1) is 46.9 Å². The number of carbonyl (C=O) groups excluding carboxylic acids is 2. The van der Waals surface area contributed by atoms with E-state index in [2.05, 4.69) is 95.8 Å². The van der Waals surface area contributed by atoms with E-state index in [-0.39, 0.29) is 23.9 Å². The fourth-order valence-electron chi connectivity index (χ4n) is 8.98. The van der Waals surface area contributed by atoms with E-state index in [9.17, 15) is 9.59 Å². The van der Waals surface area contributed by atoms with Crippen LogP contribution in [-0.4, -0.2) is 77.4 Å². The lowest BCUT2D eigenvalue weighted by atomic mass is 10.0. The molecular weight excluding hydrogens is 809 g/mol. The maximum Gasteiger partial charge on any atom is 0.241 e. The molecule has 0 saturated heterocycles. The van der Waals surface area contributed by atoms with E-state index in [0.717, 1.165) is 95.2 Å². The molecule has 0 aliphatic carbocycles. The number of nitrogens with zero attached hydrogens (tertiary/aromatic N) is 6. The van der Waals surface area contributed by atoms with Crippen LogP contribution < -0.4 is 11.5 Å². The van der Waals surface area contributed by atoms with Gasteiger partial charge in [-0.2, -0.15) is 0 Å². The first-order valence-electron chi connectivity index (χ1n) is 22.2. The predicted molar refractivity (Wildman–Crippen MR) is 255 cm³/mol. The van der Waals surface area contributed by atoms with Crippen LogP contribution in [0.1, 0.15) is 76.1 Å². The van der Waals surface area contributed by atoms with Gasteiger partial charge in [-0.05, 0) is 12.8 Å². The van der Waals surface area contributed by atoms with Crippen LogP contribution >= 0.6 is 21.6 Å². The summed E-state index contributed by atoms with van der Waals surface area (Å²) in [6.45, 7) is 6.74. The van der Waals surface area contributed by atoms with Gasteiger partial charge in [-0.3, -0.25) is 9.59 Å². The lowest BCUT2D eigenvalue weighted by Gasteiger charge is -2.38. The zero-order valence-electron chi connectivity index (χ0n) is 35.8. The van der Waals surface area contributed by atoms with Gasteiger partial charge in [-0.15, -0.1) is 0 Å². The molecule has 0 saturated carbocycles. The number of amides is 2. The Balaban J connectivity index is 0.938. The highest BCUT2D eigenvalue weighted by molar-refractivity contribution is 8.76. The van der Waals surface area contributed by atoms with Crippen molar-refractivity contribution < 1.29 is 9.59 Å². The highest BCUT2D eigenvalue weighted by Crippen LogP contribution is 2.42. The molecule has 8 rings (SSSR count). The summed E-state index contributed by atoms with van der Waals surface area (Å²) in [5.41, 5.74) is 21.8. The summed E-state index contributed by atoms with van der Waals surface area (Å²) < 4.78 is 4.65. The van der Waals surface area contributed by atoms with Crippen molar-refractivity contribution >= 4 is 33.4 Å². The van der Waals surface area contributed by atoms with E-state index in [1.165, 1.54) is 21.6 Å². The van der Waals surface area contributed by atoms with Crippen LogP contribution in [0.5, 0.6) is 0 Å². The van der Waals surface area contributed by atoms with Gasteiger partial charge in [0, 0.05) is 59.9 Å². The molecule has 10 nitrogen and oxygen atoms in total. The second kappa shape index (κ2) is 20.4. The van der Waals surface area contributed by atoms with Crippen LogP contribution in [0.3, 0.4) is 0 Å². The van der Waals surface area contributed by atoms with Crippen molar-refractivity contribution in [2.24, 2.45) is 11.5 Å². The quantitative estimate of drug-likeness (QED) is 0.0686. The molecule has 4 N–H and O–H groups in total. The number of hydrogen-bond donors (Lipinski definition) is 2. The van der Waals surface area contributed by atoms with Gasteiger partial charge in [0.15, 0.2) is 0 Å². The SMILES string of the molecule is CCCCC1c2nc(-c3ccccc3)c(-c3ccccc3)n2CCN1C(=O)C(N)CSSCC(N)C(=O)N1CCn2c(nc(-c3ccccc3)c2-c2ccccc2)C1CCCC. The normalized spacial score (nSPS) is 17.0. The Morgan fingerprint density at radius 1 is 0.548 bits per heavy atom. The molecule has 0 radical (unpaired) electrons. The summed E-state index contributed by atoms with van der Waals surface area (Å²) in [6.07, 6.45) is 5.58. The van der Waals surface area contributed by atoms with Gasteiger partial charge >= 0.3 is 0 Å². The molecule has 2 aliphatic rings. The second-order valence-electron chi connectivity index (χ2n) is 16.3. The van der Waals surface area contributed by atoms with E-state index in [1.807, 2.05) is 58.3 Å². The molecule has 6 aromatic rings. The van der Waals surface area contributed by atoms with E-state index in [1.54, 1.807) is 0 Å². The third-order valence-electron chi connectivity index (χ3n) is 12.1. The number of benzene rings is 4. The highest BCUT2D eigenvalue weighted by Gasteiger charge is 2.39. The Morgan fingerprint density at radius 2 is 0.887 bits per heavy atom. The first kappa shape index (κ1) is 43.5. The number of unbranched alkanes of at least 4 members (excludes halogenated alkanes) is 2. The van der Waals surface area contributed by atoms with Crippen LogP contribution in [-0.2, 0) is 22.7 Å². The Labute approximate surface area is 373 Å². The van der Waals surface area contributed by atoms with Crippen molar-refractivity contribution in [3.8, 4) is 45.0 Å². The fraction of sp³-hybridized carbons (Fsp3) is 0.360. The number of fused-ring (bicyclic) bond motifs is 2. The van der Waals surface area contributed by atoms with Gasteiger partial charge in [0.25, 0.3) is 0 Å². The molecule has 2 amide bonds. The molecule has 12 heteroatoms. The zero-order chi connectivity index (χ0) is 43.0. The molecule has 0 bridgehead atoms. The van der Waals surface area contributed by atoms with Crippen molar-refractivity contribution in [1.82, 2.24) is 28.9 Å². The number of nitrogens with two attached hydrogens (primary N) is 2. The fourth-order valence-corrected chi connectivity index (χ4v) is 11.2. The monoisotopic (exact) mass is 866 g/mol.